The molecule has 0 amide bonds. The van der Waals surface area contributed by atoms with Crippen LogP contribution in [0.2, 0.25) is 0 Å². The minimum absolute atomic E-state index is 0.391. The van der Waals surface area contributed by atoms with E-state index in [1.165, 1.54) is 0 Å². The highest BCUT2D eigenvalue weighted by molar-refractivity contribution is 7.80. The number of anilines is 2. The van der Waals surface area contributed by atoms with Gasteiger partial charge in [-0.15, -0.1) is 0 Å². The van der Waals surface area contributed by atoms with Crippen LogP contribution in [-0.2, 0) is 0 Å². The summed E-state index contributed by atoms with van der Waals surface area (Å²) in [5.41, 5.74) is 1.65. The number of hydrogen-bond donors (Lipinski definition) is 4. The Bertz CT molecular complexity index is 779. The molecule has 0 fully saturated rings. The van der Waals surface area contributed by atoms with Gasteiger partial charge in [-0.1, -0.05) is 51.0 Å². The molecule has 0 saturated carbocycles. The van der Waals surface area contributed by atoms with Crippen molar-refractivity contribution in [3.63, 3.8) is 0 Å². The fourth-order valence-electron chi connectivity index (χ4n) is 2.79. The molecule has 0 heterocycles. The van der Waals surface area contributed by atoms with Crippen LogP contribution >= 0.6 is 24.4 Å². The van der Waals surface area contributed by atoms with Gasteiger partial charge in [-0.25, -0.2) is 0 Å². The quantitative estimate of drug-likeness (QED) is 0.230. The number of rotatable bonds is 13. The Balaban J connectivity index is 1.83. The van der Waals surface area contributed by atoms with Crippen molar-refractivity contribution in [3.8, 4) is 11.5 Å². The molecule has 6 nitrogen and oxygen atoms in total. The van der Waals surface area contributed by atoms with E-state index in [1.54, 1.807) is 0 Å². The molecule has 0 radical (unpaired) electrons. The highest BCUT2D eigenvalue weighted by Crippen LogP contribution is 2.25. The minimum atomic E-state index is 0.391. The van der Waals surface area contributed by atoms with Crippen molar-refractivity contribution in [1.29, 1.82) is 0 Å². The molecule has 174 valence electrons. The summed E-state index contributed by atoms with van der Waals surface area (Å²) < 4.78 is 11.9. The zero-order valence-electron chi connectivity index (χ0n) is 18.9. The topological polar surface area (TPSA) is 66.6 Å². The Labute approximate surface area is 202 Å². The summed E-state index contributed by atoms with van der Waals surface area (Å²) in [7, 11) is 0. The van der Waals surface area contributed by atoms with Crippen molar-refractivity contribution in [2.24, 2.45) is 0 Å². The highest BCUT2D eigenvalue weighted by atomic mass is 32.1. The molecular weight excluding hydrogens is 440 g/mol. The standard InChI is InChI=1S/C24H34N4O2S2/c1-3-5-15-25-23(31)27-19-11-7-9-13-21(19)29-17-18-30-22-14-10-8-12-20(22)28-24(32)26-16-6-4-2/h7-14H,3-6,15-18H2,1-2H3,(H2,25,27,31)(H2,26,28,32). The first-order valence-corrected chi connectivity index (χ1v) is 12.0. The van der Waals surface area contributed by atoms with E-state index in [2.05, 4.69) is 35.1 Å². The fraction of sp³-hybridized carbons (Fsp3) is 0.417. The van der Waals surface area contributed by atoms with Gasteiger partial charge in [-0.2, -0.15) is 0 Å². The van der Waals surface area contributed by atoms with Crippen molar-refractivity contribution >= 4 is 46.0 Å². The Morgan fingerprint density at radius 3 is 1.50 bits per heavy atom. The zero-order valence-corrected chi connectivity index (χ0v) is 20.5. The van der Waals surface area contributed by atoms with Crippen LogP contribution in [0, 0.1) is 0 Å². The lowest BCUT2D eigenvalue weighted by molar-refractivity contribution is 0.218. The Hall–Kier alpha value is -2.58. The minimum Gasteiger partial charge on any atom is -0.488 e. The number of nitrogens with one attached hydrogen (secondary N) is 4. The second-order valence-electron chi connectivity index (χ2n) is 7.16. The van der Waals surface area contributed by atoms with E-state index in [0.29, 0.717) is 23.4 Å². The summed E-state index contributed by atoms with van der Waals surface area (Å²) in [6.45, 7) is 6.78. The van der Waals surface area contributed by atoms with Crippen LogP contribution in [0.3, 0.4) is 0 Å². The van der Waals surface area contributed by atoms with Crippen LogP contribution in [0.4, 0.5) is 11.4 Å². The molecule has 32 heavy (non-hydrogen) atoms. The summed E-state index contributed by atoms with van der Waals surface area (Å²) >= 11 is 10.7. The first-order chi connectivity index (χ1) is 15.6. The number of para-hydroxylation sites is 4. The number of ether oxygens (including phenoxy) is 2. The number of hydrogen-bond acceptors (Lipinski definition) is 4. The van der Waals surface area contributed by atoms with E-state index in [1.807, 2.05) is 48.5 Å². The van der Waals surface area contributed by atoms with E-state index in [4.69, 9.17) is 33.9 Å². The van der Waals surface area contributed by atoms with Gasteiger partial charge in [0.2, 0.25) is 0 Å². The molecule has 0 aliphatic heterocycles. The molecule has 0 atom stereocenters. The molecule has 0 unspecified atom stereocenters. The van der Waals surface area contributed by atoms with Gasteiger partial charge in [0.1, 0.15) is 24.7 Å². The highest BCUT2D eigenvalue weighted by Gasteiger charge is 2.07. The van der Waals surface area contributed by atoms with Gasteiger partial charge in [-0.3, -0.25) is 0 Å². The molecule has 0 aromatic heterocycles. The van der Waals surface area contributed by atoms with Crippen LogP contribution in [0.1, 0.15) is 39.5 Å². The monoisotopic (exact) mass is 474 g/mol. The van der Waals surface area contributed by atoms with Gasteiger partial charge in [-0.05, 0) is 61.5 Å². The summed E-state index contributed by atoms with van der Waals surface area (Å²) in [6, 6.07) is 15.5. The number of unbranched alkanes of at least 4 members (excludes halogenated alkanes) is 2. The molecule has 2 aromatic rings. The maximum absolute atomic E-state index is 5.94. The third-order valence-corrected chi connectivity index (χ3v) is 4.99. The van der Waals surface area contributed by atoms with Crippen molar-refractivity contribution in [3.05, 3.63) is 48.5 Å². The predicted molar refractivity (Wildman–Crippen MR) is 142 cm³/mol. The fourth-order valence-corrected chi connectivity index (χ4v) is 3.21. The van der Waals surface area contributed by atoms with Gasteiger partial charge in [0.05, 0.1) is 11.4 Å². The maximum atomic E-state index is 5.94. The molecule has 2 aromatic carbocycles. The molecule has 8 heteroatoms. The number of thiocarbonyl (C=S) groups is 2. The van der Waals surface area contributed by atoms with Crippen molar-refractivity contribution < 1.29 is 9.47 Å². The van der Waals surface area contributed by atoms with Crippen LogP contribution in [-0.4, -0.2) is 36.5 Å². The number of benzene rings is 2. The smallest absolute Gasteiger partial charge is 0.170 e. The molecule has 0 saturated heterocycles. The molecule has 0 aliphatic rings. The van der Waals surface area contributed by atoms with Crippen LogP contribution < -0.4 is 30.7 Å². The van der Waals surface area contributed by atoms with E-state index in [-0.39, 0.29) is 0 Å². The Kier molecular flexibility index (Phi) is 12.2. The van der Waals surface area contributed by atoms with Crippen LogP contribution in [0.15, 0.2) is 48.5 Å². The normalized spacial score (nSPS) is 10.2. The summed E-state index contributed by atoms with van der Waals surface area (Å²) in [4.78, 5) is 0. The molecule has 0 spiro atoms. The third kappa shape index (κ3) is 9.70. The van der Waals surface area contributed by atoms with Gasteiger partial charge in [0, 0.05) is 13.1 Å². The lowest BCUT2D eigenvalue weighted by Crippen LogP contribution is -2.29. The van der Waals surface area contributed by atoms with E-state index >= 15 is 0 Å². The van der Waals surface area contributed by atoms with Gasteiger partial charge < -0.3 is 30.7 Å². The third-order valence-electron chi connectivity index (χ3n) is 4.50. The Morgan fingerprint density at radius 2 is 1.09 bits per heavy atom. The average Bonchev–Trinajstić information content (AvgIpc) is 2.79. The summed E-state index contributed by atoms with van der Waals surface area (Å²) in [5, 5.41) is 14.0. The van der Waals surface area contributed by atoms with E-state index in [9.17, 15) is 0 Å². The first kappa shape index (κ1) is 25.7. The van der Waals surface area contributed by atoms with E-state index in [0.717, 1.165) is 61.6 Å². The maximum Gasteiger partial charge on any atom is 0.170 e. The van der Waals surface area contributed by atoms with E-state index < -0.39 is 0 Å². The second kappa shape index (κ2) is 15.3. The first-order valence-electron chi connectivity index (χ1n) is 11.2. The molecular formula is C24H34N4O2S2. The molecule has 4 N–H and O–H groups in total. The SMILES string of the molecule is CCCCNC(=S)Nc1ccccc1OCCOc1ccccc1NC(=S)NCCCC. The van der Waals surface area contributed by atoms with Crippen molar-refractivity contribution in [2.45, 2.75) is 39.5 Å². The Morgan fingerprint density at radius 1 is 0.688 bits per heavy atom. The van der Waals surface area contributed by atoms with Gasteiger partial charge in [0.25, 0.3) is 0 Å². The average molecular weight is 475 g/mol. The van der Waals surface area contributed by atoms with Crippen molar-refractivity contribution in [1.82, 2.24) is 10.6 Å². The van der Waals surface area contributed by atoms with Crippen LogP contribution in [0.5, 0.6) is 11.5 Å². The van der Waals surface area contributed by atoms with Gasteiger partial charge >= 0.3 is 0 Å². The lowest BCUT2D eigenvalue weighted by Gasteiger charge is -2.16. The van der Waals surface area contributed by atoms with Gasteiger partial charge in [0.15, 0.2) is 10.2 Å². The molecule has 0 bridgehead atoms. The lowest BCUT2D eigenvalue weighted by atomic mass is 10.3. The summed E-state index contributed by atoms with van der Waals surface area (Å²) in [6.07, 6.45) is 4.39. The van der Waals surface area contributed by atoms with Crippen LogP contribution in [0.25, 0.3) is 0 Å². The zero-order chi connectivity index (χ0) is 23.0. The summed E-state index contributed by atoms with van der Waals surface area (Å²) in [5.74, 6) is 1.45. The second-order valence-corrected chi connectivity index (χ2v) is 7.97. The molecule has 0 aliphatic carbocycles. The largest absolute Gasteiger partial charge is 0.488 e. The molecule has 2 rings (SSSR count). The van der Waals surface area contributed by atoms with Crippen molar-refractivity contribution in [2.75, 3.05) is 36.9 Å². The predicted octanol–water partition coefficient (Wildman–Crippen LogP) is 5.32.